The zero-order valence-electron chi connectivity index (χ0n) is 9.96. The maximum absolute atomic E-state index is 6.04. The van der Waals surface area contributed by atoms with Crippen molar-refractivity contribution >= 4 is 23.2 Å². The third kappa shape index (κ3) is 3.84. The molecule has 17 heavy (non-hydrogen) atoms. The topological polar surface area (TPSA) is 22.1 Å². The standard InChI is InChI=1S/C13H17Cl2NO/c1-9-3-2-4-10(7-9)17-8-12-11(14)5-6-13(15)16-12/h5-6,9-10H,2-4,7-8H2,1H3. The van der Waals surface area contributed by atoms with Gasteiger partial charge in [0.2, 0.25) is 0 Å². The van der Waals surface area contributed by atoms with Crippen LogP contribution < -0.4 is 0 Å². The average molecular weight is 274 g/mol. The van der Waals surface area contributed by atoms with Crippen molar-refractivity contribution in [2.24, 2.45) is 5.92 Å². The van der Waals surface area contributed by atoms with Crippen LogP contribution in [0, 0.1) is 5.92 Å². The van der Waals surface area contributed by atoms with Crippen molar-refractivity contribution in [3.8, 4) is 0 Å². The zero-order valence-corrected chi connectivity index (χ0v) is 11.5. The van der Waals surface area contributed by atoms with E-state index in [1.165, 1.54) is 12.8 Å². The number of aromatic nitrogens is 1. The monoisotopic (exact) mass is 273 g/mol. The van der Waals surface area contributed by atoms with Gasteiger partial charge in [-0.25, -0.2) is 4.98 Å². The second-order valence-electron chi connectivity index (χ2n) is 4.77. The highest BCUT2D eigenvalue weighted by atomic mass is 35.5. The molecule has 2 atom stereocenters. The molecule has 1 heterocycles. The molecule has 1 saturated carbocycles. The van der Waals surface area contributed by atoms with Gasteiger partial charge in [-0.1, -0.05) is 43.0 Å². The van der Waals surface area contributed by atoms with Gasteiger partial charge in [0, 0.05) is 0 Å². The van der Waals surface area contributed by atoms with Crippen LogP contribution in [0.25, 0.3) is 0 Å². The lowest BCUT2D eigenvalue weighted by atomic mass is 9.89. The third-order valence-corrected chi connectivity index (χ3v) is 3.78. The Balaban J connectivity index is 1.90. The summed E-state index contributed by atoms with van der Waals surface area (Å²) in [4.78, 5) is 4.18. The highest BCUT2D eigenvalue weighted by molar-refractivity contribution is 6.32. The van der Waals surface area contributed by atoms with Crippen molar-refractivity contribution in [2.75, 3.05) is 0 Å². The number of nitrogens with zero attached hydrogens (tertiary/aromatic N) is 1. The summed E-state index contributed by atoms with van der Waals surface area (Å²) in [5, 5.41) is 1.09. The molecule has 0 radical (unpaired) electrons. The molecule has 0 aliphatic heterocycles. The Morgan fingerprint density at radius 3 is 2.94 bits per heavy atom. The number of halogens is 2. The molecule has 1 aromatic heterocycles. The minimum absolute atomic E-state index is 0.343. The van der Waals surface area contributed by atoms with Crippen LogP contribution in [0.3, 0.4) is 0 Å². The maximum Gasteiger partial charge on any atom is 0.129 e. The molecule has 0 bridgehead atoms. The van der Waals surface area contributed by atoms with E-state index in [9.17, 15) is 0 Å². The first-order valence-electron chi connectivity index (χ1n) is 6.07. The Morgan fingerprint density at radius 1 is 1.35 bits per heavy atom. The molecule has 0 amide bonds. The largest absolute Gasteiger partial charge is 0.372 e. The van der Waals surface area contributed by atoms with Gasteiger partial charge in [0.1, 0.15) is 5.15 Å². The number of ether oxygens (including phenoxy) is 1. The molecule has 94 valence electrons. The highest BCUT2D eigenvalue weighted by Crippen LogP contribution is 2.27. The van der Waals surface area contributed by atoms with E-state index in [0.717, 1.165) is 24.5 Å². The lowest BCUT2D eigenvalue weighted by Crippen LogP contribution is -2.21. The Bertz CT molecular complexity index is 384. The molecule has 1 aliphatic rings. The zero-order chi connectivity index (χ0) is 12.3. The molecule has 0 saturated heterocycles. The Morgan fingerprint density at radius 2 is 2.18 bits per heavy atom. The second-order valence-corrected chi connectivity index (χ2v) is 5.56. The molecule has 2 nitrogen and oxygen atoms in total. The summed E-state index contributed by atoms with van der Waals surface area (Å²) in [5.74, 6) is 0.761. The van der Waals surface area contributed by atoms with Crippen LogP contribution in [-0.4, -0.2) is 11.1 Å². The first-order chi connectivity index (χ1) is 8.15. The van der Waals surface area contributed by atoms with Crippen molar-refractivity contribution < 1.29 is 4.74 Å². The van der Waals surface area contributed by atoms with E-state index < -0.39 is 0 Å². The van der Waals surface area contributed by atoms with Gasteiger partial charge in [0.05, 0.1) is 23.4 Å². The van der Waals surface area contributed by atoms with E-state index in [1.807, 2.05) is 0 Å². The summed E-state index contributed by atoms with van der Waals surface area (Å²) in [7, 11) is 0. The fraction of sp³-hybridized carbons (Fsp3) is 0.615. The Labute approximate surface area is 112 Å². The smallest absolute Gasteiger partial charge is 0.129 e. The van der Waals surface area contributed by atoms with E-state index in [2.05, 4.69) is 11.9 Å². The van der Waals surface area contributed by atoms with Crippen molar-refractivity contribution in [3.63, 3.8) is 0 Å². The van der Waals surface area contributed by atoms with Crippen LogP contribution in [0.2, 0.25) is 10.2 Å². The summed E-state index contributed by atoms with van der Waals surface area (Å²) >= 11 is 11.9. The first-order valence-corrected chi connectivity index (χ1v) is 6.83. The Kier molecular flexibility index (Phi) is 4.66. The van der Waals surface area contributed by atoms with Gasteiger partial charge in [-0.3, -0.25) is 0 Å². The van der Waals surface area contributed by atoms with Crippen molar-refractivity contribution in [1.29, 1.82) is 0 Å². The fourth-order valence-corrected chi connectivity index (χ4v) is 2.61. The first kappa shape index (κ1) is 13.1. The van der Waals surface area contributed by atoms with Crippen molar-refractivity contribution in [2.45, 2.75) is 45.3 Å². The van der Waals surface area contributed by atoms with Crippen LogP contribution in [0.4, 0.5) is 0 Å². The van der Waals surface area contributed by atoms with Crippen LogP contribution in [-0.2, 0) is 11.3 Å². The number of rotatable bonds is 3. The van der Waals surface area contributed by atoms with Gasteiger partial charge in [-0.05, 0) is 30.9 Å². The van der Waals surface area contributed by atoms with E-state index in [-0.39, 0.29) is 0 Å². The Hall–Kier alpha value is -0.310. The molecule has 0 N–H and O–H groups in total. The minimum Gasteiger partial charge on any atom is -0.372 e. The summed E-state index contributed by atoms with van der Waals surface area (Å²) in [6, 6.07) is 3.45. The van der Waals surface area contributed by atoms with Gasteiger partial charge < -0.3 is 4.74 Å². The van der Waals surface area contributed by atoms with Crippen molar-refractivity contribution in [1.82, 2.24) is 4.98 Å². The second kappa shape index (κ2) is 6.03. The molecular weight excluding hydrogens is 257 g/mol. The van der Waals surface area contributed by atoms with Gasteiger partial charge in [0.15, 0.2) is 0 Å². The van der Waals surface area contributed by atoms with Gasteiger partial charge in [-0.2, -0.15) is 0 Å². The van der Waals surface area contributed by atoms with E-state index in [1.54, 1.807) is 12.1 Å². The summed E-state index contributed by atoms with van der Waals surface area (Å²) in [6.07, 6.45) is 5.19. The van der Waals surface area contributed by atoms with Crippen LogP contribution in [0.1, 0.15) is 38.3 Å². The third-order valence-electron chi connectivity index (χ3n) is 3.23. The quantitative estimate of drug-likeness (QED) is 0.758. The van der Waals surface area contributed by atoms with E-state index in [0.29, 0.717) is 22.9 Å². The predicted molar refractivity (Wildman–Crippen MR) is 70.5 cm³/mol. The van der Waals surface area contributed by atoms with E-state index >= 15 is 0 Å². The lowest BCUT2D eigenvalue weighted by molar-refractivity contribution is 0.00326. The van der Waals surface area contributed by atoms with Gasteiger partial charge in [0.25, 0.3) is 0 Å². The SMILES string of the molecule is CC1CCCC(OCc2nc(Cl)ccc2Cl)C1. The minimum atomic E-state index is 0.343. The molecule has 0 aromatic carbocycles. The maximum atomic E-state index is 6.04. The molecule has 1 aliphatic carbocycles. The molecular formula is C13H17Cl2NO. The molecule has 1 fully saturated rings. The van der Waals surface area contributed by atoms with Gasteiger partial charge >= 0.3 is 0 Å². The fourth-order valence-electron chi connectivity index (χ4n) is 2.29. The molecule has 2 rings (SSSR count). The molecule has 4 heteroatoms. The predicted octanol–water partition coefficient (Wildman–Crippen LogP) is 4.48. The number of hydrogen-bond acceptors (Lipinski definition) is 2. The highest BCUT2D eigenvalue weighted by Gasteiger charge is 2.19. The normalized spacial score (nSPS) is 24.9. The molecule has 2 unspecified atom stereocenters. The van der Waals surface area contributed by atoms with Crippen molar-refractivity contribution in [3.05, 3.63) is 28.0 Å². The van der Waals surface area contributed by atoms with Crippen LogP contribution in [0.15, 0.2) is 12.1 Å². The summed E-state index contributed by atoms with van der Waals surface area (Å²) in [6.45, 7) is 2.73. The van der Waals surface area contributed by atoms with E-state index in [4.69, 9.17) is 27.9 Å². The lowest BCUT2D eigenvalue weighted by Gasteiger charge is -2.26. The summed E-state index contributed by atoms with van der Waals surface area (Å²) in [5.41, 5.74) is 0.734. The van der Waals surface area contributed by atoms with Gasteiger partial charge in [-0.15, -0.1) is 0 Å². The summed E-state index contributed by atoms with van der Waals surface area (Å²) < 4.78 is 5.87. The molecule has 0 spiro atoms. The van der Waals surface area contributed by atoms with Crippen LogP contribution >= 0.6 is 23.2 Å². The molecule has 1 aromatic rings. The van der Waals surface area contributed by atoms with Crippen LogP contribution in [0.5, 0.6) is 0 Å². The number of hydrogen-bond donors (Lipinski definition) is 0. The number of pyridine rings is 1. The average Bonchev–Trinajstić information content (AvgIpc) is 2.30.